The standard InChI is InChI=1S/C16H29BClNO2S/c1-10-11(22)12(14(2,3)4)13(19(9)18)17-20-15(5,6)16(7,8)21-17/h1,11-13,22H,2-9H3. The van der Waals surface area contributed by atoms with E-state index in [1.165, 1.54) is 0 Å². The van der Waals surface area contributed by atoms with Crippen molar-refractivity contribution in [1.29, 1.82) is 0 Å². The minimum absolute atomic E-state index is 0.00182. The Labute approximate surface area is 147 Å². The van der Waals surface area contributed by atoms with Crippen molar-refractivity contribution in [1.82, 2.24) is 4.42 Å². The third kappa shape index (κ3) is 3.97. The van der Waals surface area contributed by atoms with Crippen LogP contribution in [0.4, 0.5) is 0 Å². The molecule has 3 unspecified atom stereocenters. The van der Waals surface area contributed by atoms with E-state index in [0.717, 1.165) is 0 Å². The van der Waals surface area contributed by atoms with Crippen LogP contribution in [0.5, 0.6) is 0 Å². The number of hydrogen-bond donors (Lipinski definition) is 1. The maximum absolute atomic E-state index is 6.38. The average molecular weight is 346 g/mol. The maximum atomic E-state index is 6.38. The molecular formula is C16H29BClNO2S. The zero-order valence-corrected chi connectivity index (χ0v) is 16.6. The summed E-state index contributed by atoms with van der Waals surface area (Å²) in [6, 6.07) is 0. The second-order valence-electron chi connectivity index (χ2n) is 8.14. The first-order chi connectivity index (χ1) is 9.74. The number of rotatable bonds is 4. The van der Waals surface area contributed by atoms with Crippen molar-refractivity contribution in [2.75, 3.05) is 7.05 Å². The van der Waals surface area contributed by atoms with E-state index in [1.54, 1.807) is 4.42 Å². The lowest BCUT2D eigenvalue weighted by atomic mass is 9.61. The summed E-state index contributed by atoms with van der Waals surface area (Å²) in [5.74, 6) is 2.53. The minimum Gasteiger partial charge on any atom is -0.402 e. The Balaban J connectivity index is 3.22. The third-order valence-corrected chi connectivity index (χ3v) is 5.54. The number of thiol groups is 1. The summed E-state index contributed by atoms with van der Waals surface area (Å²) in [7, 11) is 1.35. The minimum atomic E-state index is -0.459. The Morgan fingerprint density at radius 3 is 1.86 bits per heavy atom. The lowest BCUT2D eigenvalue weighted by Gasteiger charge is -2.41. The molecule has 1 heterocycles. The Hall–Kier alpha value is 0.145. The van der Waals surface area contributed by atoms with Gasteiger partial charge >= 0.3 is 7.12 Å². The van der Waals surface area contributed by atoms with Crippen molar-refractivity contribution < 1.29 is 9.31 Å². The van der Waals surface area contributed by atoms with Gasteiger partial charge in [0.1, 0.15) is 0 Å². The van der Waals surface area contributed by atoms with E-state index in [1.807, 2.05) is 34.7 Å². The first-order valence-corrected chi connectivity index (χ1v) is 8.48. The van der Waals surface area contributed by atoms with Gasteiger partial charge in [-0.3, -0.25) is 0 Å². The van der Waals surface area contributed by atoms with Crippen LogP contribution in [0.25, 0.3) is 0 Å². The van der Waals surface area contributed by atoms with E-state index in [2.05, 4.69) is 39.3 Å². The quantitative estimate of drug-likeness (QED) is 0.364. The van der Waals surface area contributed by atoms with Gasteiger partial charge in [-0.05, 0) is 44.9 Å². The van der Waals surface area contributed by atoms with Crippen LogP contribution in [0.15, 0.2) is 0 Å². The largest absolute Gasteiger partial charge is 0.478 e. The first-order valence-electron chi connectivity index (χ1n) is 7.63. The zero-order chi connectivity index (χ0) is 17.5. The van der Waals surface area contributed by atoms with Crippen LogP contribution in [0, 0.1) is 23.7 Å². The van der Waals surface area contributed by atoms with Gasteiger partial charge in [-0.1, -0.05) is 26.7 Å². The molecule has 0 N–H and O–H groups in total. The highest BCUT2D eigenvalue weighted by molar-refractivity contribution is 7.81. The van der Waals surface area contributed by atoms with Crippen LogP contribution in [-0.4, -0.2) is 41.0 Å². The van der Waals surface area contributed by atoms with Crippen LogP contribution >= 0.6 is 24.4 Å². The number of hydrogen-bond acceptors (Lipinski definition) is 4. The smallest absolute Gasteiger partial charge is 0.402 e. The molecule has 126 valence electrons. The zero-order valence-electron chi connectivity index (χ0n) is 15.0. The van der Waals surface area contributed by atoms with E-state index in [4.69, 9.17) is 27.5 Å². The van der Waals surface area contributed by atoms with Gasteiger partial charge in [0.15, 0.2) is 0 Å². The summed E-state index contributed by atoms with van der Waals surface area (Å²) in [5, 5.41) is -0.245. The molecule has 0 aromatic heterocycles. The van der Waals surface area contributed by atoms with Gasteiger partial charge in [0.25, 0.3) is 0 Å². The predicted octanol–water partition coefficient (Wildman–Crippen LogP) is 3.67. The van der Waals surface area contributed by atoms with Crippen molar-refractivity contribution in [2.24, 2.45) is 11.3 Å². The highest BCUT2D eigenvalue weighted by Gasteiger charge is 2.57. The van der Waals surface area contributed by atoms with Crippen molar-refractivity contribution in [2.45, 2.75) is 70.9 Å². The molecule has 0 bridgehead atoms. The SMILES string of the molecule is C#CC(S)C(C(B1OC(C)(C)C(C)(C)O1)N(C)Cl)C(C)(C)C. The lowest BCUT2D eigenvalue weighted by molar-refractivity contribution is 0.00578. The van der Waals surface area contributed by atoms with Gasteiger partial charge in [-0.2, -0.15) is 12.6 Å². The molecule has 0 radical (unpaired) electrons. The summed E-state index contributed by atoms with van der Waals surface area (Å²) in [5.41, 5.74) is -0.919. The summed E-state index contributed by atoms with van der Waals surface area (Å²) < 4.78 is 14.0. The average Bonchev–Trinajstić information content (AvgIpc) is 2.51. The fourth-order valence-electron chi connectivity index (χ4n) is 2.86. The molecule has 0 aliphatic carbocycles. The Morgan fingerprint density at radius 1 is 1.18 bits per heavy atom. The van der Waals surface area contributed by atoms with Crippen LogP contribution in [0.3, 0.4) is 0 Å². The van der Waals surface area contributed by atoms with E-state index < -0.39 is 18.3 Å². The second kappa shape index (κ2) is 6.57. The molecule has 0 spiro atoms. The first kappa shape index (κ1) is 20.2. The second-order valence-corrected chi connectivity index (χ2v) is 9.23. The molecule has 3 atom stereocenters. The summed E-state index contributed by atoms with van der Waals surface area (Å²) in [6.07, 6.45) is 5.64. The summed E-state index contributed by atoms with van der Waals surface area (Å²) in [6.45, 7) is 14.5. The predicted molar refractivity (Wildman–Crippen MR) is 98.0 cm³/mol. The van der Waals surface area contributed by atoms with E-state index in [0.29, 0.717) is 0 Å². The highest BCUT2D eigenvalue weighted by Crippen LogP contribution is 2.43. The van der Waals surface area contributed by atoms with Gasteiger partial charge in [0, 0.05) is 13.0 Å². The van der Waals surface area contributed by atoms with Crippen molar-refractivity contribution >= 4 is 31.5 Å². The van der Waals surface area contributed by atoms with Crippen molar-refractivity contribution in [3.05, 3.63) is 0 Å². The molecule has 1 rings (SSSR count). The fraction of sp³-hybridized carbons (Fsp3) is 0.875. The monoisotopic (exact) mass is 345 g/mol. The van der Waals surface area contributed by atoms with Crippen molar-refractivity contribution in [3.8, 4) is 12.3 Å². The number of nitrogens with zero attached hydrogens (tertiary/aromatic N) is 1. The van der Waals surface area contributed by atoms with E-state index in [9.17, 15) is 0 Å². The Kier molecular flexibility index (Phi) is 6.03. The van der Waals surface area contributed by atoms with Gasteiger partial charge in [-0.15, -0.1) is 6.42 Å². The highest BCUT2D eigenvalue weighted by atomic mass is 35.5. The van der Waals surface area contributed by atoms with E-state index in [-0.39, 0.29) is 22.5 Å². The molecule has 0 aromatic rings. The van der Waals surface area contributed by atoms with Gasteiger partial charge < -0.3 is 9.31 Å². The third-order valence-electron chi connectivity index (χ3n) is 4.84. The Bertz CT molecular complexity index is 426. The van der Waals surface area contributed by atoms with Crippen LogP contribution in [-0.2, 0) is 9.31 Å². The summed E-state index contributed by atoms with van der Waals surface area (Å²) >= 11 is 11.0. The number of halogens is 1. The molecule has 1 fully saturated rings. The van der Waals surface area contributed by atoms with Crippen molar-refractivity contribution in [3.63, 3.8) is 0 Å². The van der Waals surface area contributed by atoms with E-state index >= 15 is 0 Å². The molecule has 3 nitrogen and oxygen atoms in total. The summed E-state index contributed by atoms with van der Waals surface area (Å²) in [4.78, 5) is 0. The fourth-order valence-corrected chi connectivity index (χ4v) is 3.70. The topological polar surface area (TPSA) is 21.7 Å². The van der Waals surface area contributed by atoms with Gasteiger partial charge in [-0.25, -0.2) is 4.42 Å². The molecule has 22 heavy (non-hydrogen) atoms. The molecule has 0 aromatic carbocycles. The van der Waals surface area contributed by atoms with Gasteiger partial charge in [0.2, 0.25) is 0 Å². The Morgan fingerprint density at radius 2 is 1.59 bits per heavy atom. The molecule has 1 aliphatic rings. The van der Waals surface area contributed by atoms with Crippen LogP contribution in [0.2, 0.25) is 0 Å². The molecule has 1 aliphatic heterocycles. The maximum Gasteiger partial charge on any atom is 0.478 e. The molecular weight excluding hydrogens is 317 g/mol. The lowest BCUT2D eigenvalue weighted by Crippen LogP contribution is -2.54. The normalized spacial score (nSPS) is 24.9. The van der Waals surface area contributed by atoms with Crippen LogP contribution < -0.4 is 0 Å². The number of terminal acetylenes is 1. The molecule has 0 saturated carbocycles. The molecule has 6 heteroatoms. The van der Waals surface area contributed by atoms with Crippen LogP contribution in [0.1, 0.15) is 48.5 Å². The molecule has 0 amide bonds. The van der Waals surface area contributed by atoms with Gasteiger partial charge in [0.05, 0.1) is 22.4 Å². The molecule has 1 saturated heterocycles.